The third-order valence-corrected chi connectivity index (χ3v) is 2.82. The Kier molecular flexibility index (Phi) is 3.85. The summed E-state index contributed by atoms with van der Waals surface area (Å²) in [7, 11) is 0. The molecule has 0 unspecified atom stereocenters. The molecule has 2 rings (SSSR count). The van der Waals surface area contributed by atoms with Crippen LogP contribution in [0.2, 0.25) is 5.02 Å². The van der Waals surface area contributed by atoms with Gasteiger partial charge in [-0.3, -0.25) is 4.79 Å². The number of carbonyl (C=O) groups is 1. The number of carbonyl (C=O) groups excluding carboxylic acids is 1. The zero-order valence-corrected chi connectivity index (χ0v) is 10.4. The van der Waals surface area contributed by atoms with Gasteiger partial charge in [0, 0.05) is 22.8 Å². The lowest BCUT2D eigenvalue weighted by Crippen LogP contribution is -2.23. The fourth-order valence-electron chi connectivity index (χ4n) is 1.60. The highest BCUT2D eigenvalue weighted by Gasteiger charge is 2.06. The molecule has 0 aliphatic rings. The summed E-state index contributed by atoms with van der Waals surface area (Å²) in [6.45, 7) is 0.401. The molecule has 0 aliphatic heterocycles. The van der Waals surface area contributed by atoms with E-state index in [0.29, 0.717) is 22.8 Å². The molecule has 0 bridgehead atoms. The Morgan fingerprint density at radius 3 is 2.67 bits per heavy atom. The van der Waals surface area contributed by atoms with Crippen LogP contribution in [0.3, 0.4) is 0 Å². The number of hydrogen-bond donors (Lipinski definition) is 2. The fraction of sp³-hybridized carbons (Fsp3) is 0.0714. The van der Waals surface area contributed by atoms with Crippen LogP contribution in [0.15, 0.2) is 48.5 Å². The first-order valence-electron chi connectivity index (χ1n) is 5.54. The molecule has 3 N–H and O–H groups in total. The third-order valence-electron chi connectivity index (χ3n) is 2.58. The van der Waals surface area contributed by atoms with Crippen molar-refractivity contribution in [2.75, 3.05) is 5.73 Å². The van der Waals surface area contributed by atoms with E-state index >= 15 is 0 Å². The van der Waals surface area contributed by atoms with E-state index in [9.17, 15) is 4.79 Å². The normalized spacial score (nSPS) is 10.1. The fourth-order valence-corrected chi connectivity index (χ4v) is 1.79. The summed E-state index contributed by atoms with van der Waals surface area (Å²) in [6.07, 6.45) is 0. The second-order valence-electron chi connectivity index (χ2n) is 3.89. The van der Waals surface area contributed by atoms with Gasteiger partial charge in [0.05, 0.1) is 0 Å². The van der Waals surface area contributed by atoms with Crippen LogP contribution in [0.25, 0.3) is 0 Å². The van der Waals surface area contributed by atoms with Gasteiger partial charge in [-0.1, -0.05) is 35.9 Å². The number of nitrogens with one attached hydrogen (secondary N) is 1. The number of nitrogens with two attached hydrogens (primary N) is 1. The van der Waals surface area contributed by atoms with Gasteiger partial charge >= 0.3 is 0 Å². The number of rotatable bonds is 3. The van der Waals surface area contributed by atoms with Crippen molar-refractivity contribution in [3.8, 4) is 0 Å². The first-order chi connectivity index (χ1) is 8.66. The molecule has 0 saturated heterocycles. The van der Waals surface area contributed by atoms with Crippen molar-refractivity contribution >= 4 is 23.2 Å². The van der Waals surface area contributed by atoms with Gasteiger partial charge in [0.1, 0.15) is 0 Å². The van der Waals surface area contributed by atoms with Crippen molar-refractivity contribution in [1.29, 1.82) is 0 Å². The van der Waals surface area contributed by atoms with Gasteiger partial charge in [0.15, 0.2) is 0 Å². The van der Waals surface area contributed by atoms with Gasteiger partial charge in [-0.15, -0.1) is 0 Å². The summed E-state index contributed by atoms with van der Waals surface area (Å²) < 4.78 is 0. The van der Waals surface area contributed by atoms with Crippen molar-refractivity contribution in [3.63, 3.8) is 0 Å². The molecule has 3 nitrogen and oxygen atoms in total. The summed E-state index contributed by atoms with van der Waals surface area (Å²) in [5.41, 5.74) is 7.90. The molecule has 0 aliphatic carbocycles. The zero-order chi connectivity index (χ0) is 13.0. The van der Waals surface area contributed by atoms with E-state index < -0.39 is 0 Å². The van der Waals surface area contributed by atoms with Crippen LogP contribution >= 0.6 is 11.6 Å². The number of anilines is 1. The first kappa shape index (κ1) is 12.5. The molecule has 0 aromatic heterocycles. The van der Waals surface area contributed by atoms with Crippen molar-refractivity contribution in [2.24, 2.45) is 0 Å². The van der Waals surface area contributed by atoms with Gasteiger partial charge in [-0.05, 0) is 29.8 Å². The van der Waals surface area contributed by atoms with Gasteiger partial charge in [-0.25, -0.2) is 0 Å². The highest BCUT2D eigenvalue weighted by molar-refractivity contribution is 6.30. The summed E-state index contributed by atoms with van der Waals surface area (Å²) in [6, 6.07) is 14.3. The topological polar surface area (TPSA) is 55.1 Å². The molecule has 18 heavy (non-hydrogen) atoms. The van der Waals surface area contributed by atoms with Gasteiger partial charge in [0.2, 0.25) is 0 Å². The average Bonchev–Trinajstić information content (AvgIpc) is 2.37. The number of para-hydroxylation sites is 1. The van der Waals surface area contributed by atoms with Crippen LogP contribution in [-0.4, -0.2) is 5.91 Å². The molecule has 0 heterocycles. The largest absolute Gasteiger partial charge is 0.398 e. The van der Waals surface area contributed by atoms with Gasteiger partial charge in [-0.2, -0.15) is 0 Å². The van der Waals surface area contributed by atoms with E-state index in [2.05, 4.69) is 5.32 Å². The van der Waals surface area contributed by atoms with E-state index in [1.165, 1.54) is 0 Å². The Labute approximate surface area is 111 Å². The summed E-state index contributed by atoms with van der Waals surface area (Å²) >= 11 is 5.83. The van der Waals surface area contributed by atoms with Crippen molar-refractivity contribution < 1.29 is 4.79 Å². The number of hydrogen-bond acceptors (Lipinski definition) is 2. The van der Waals surface area contributed by atoms with E-state index in [4.69, 9.17) is 17.3 Å². The molecule has 0 spiro atoms. The lowest BCUT2D eigenvalue weighted by molar-refractivity contribution is 0.0951. The molecule has 2 aromatic rings. The van der Waals surface area contributed by atoms with Crippen LogP contribution in [0.1, 0.15) is 15.9 Å². The lowest BCUT2D eigenvalue weighted by atomic mass is 10.1. The Bertz CT molecular complexity index is 569. The molecule has 0 radical (unpaired) electrons. The van der Waals surface area contributed by atoms with E-state index in [1.54, 1.807) is 30.3 Å². The van der Waals surface area contributed by atoms with Crippen LogP contribution in [-0.2, 0) is 6.54 Å². The average molecular weight is 261 g/mol. The summed E-state index contributed by atoms with van der Waals surface area (Å²) in [5.74, 6) is -0.166. The molecule has 0 saturated carbocycles. The number of nitrogen functional groups attached to an aromatic ring is 1. The SMILES string of the molecule is Nc1ccccc1CNC(=O)c1cccc(Cl)c1. The minimum Gasteiger partial charge on any atom is -0.398 e. The van der Waals surface area contributed by atoms with E-state index in [1.807, 2.05) is 18.2 Å². The third kappa shape index (κ3) is 3.02. The molecule has 4 heteroatoms. The predicted molar refractivity (Wildman–Crippen MR) is 73.5 cm³/mol. The molecule has 1 amide bonds. The number of halogens is 1. The standard InChI is InChI=1S/C14H13ClN2O/c15-12-6-3-5-10(8-12)14(18)17-9-11-4-1-2-7-13(11)16/h1-8H,9,16H2,(H,17,18). The second-order valence-corrected chi connectivity index (χ2v) is 4.33. The maximum atomic E-state index is 11.9. The Morgan fingerprint density at radius 1 is 1.17 bits per heavy atom. The summed E-state index contributed by atoms with van der Waals surface area (Å²) in [4.78, 5) is 11.9. The molecule has 0 atom stereocenters. The van der Waals surface area contributed by atoms with Gasteiger partial charge in [0.25, 0.3) is 5.91 Å². The Balaban J connectivity index is 2.03. The van der Waals surface area contributed by atoms with Crippen molar-refractivity contribution in [2.45, 2.75) is 6.54 Å². The van der Waals surface area contributed by atoms with Crippen LogP contribution in [0.4, 0.5) is 5.69 Å². The molecule has 92 valence electrons. The first-order valence-corrected chi connectivity index (χ1v) is 5.92. The Hall–Kier alpha value is -2.00. The quantitative estimate of drug-likeness (QED) is 0.834. The smallest absolute Gasteiger partial charge is 0.251 e. The van der Waals surface area contributed by atoms with Gasteiger partial charge < -0.3 is 11.1 Å². The minimum atomic E-state index is -0.166. The Morgan fingerprint density at radius 2 is 1.94 bits per heavy atom. The van der Waals surface area contributed by atoms with Crippen LogP contribution in [0.5, 0.6) is 0 Å². The highest BCUT2D eigenvalue weighted by atomic mass is 35.5. The van der Waals surface area contributed by atoms with Crippen LogP contribution in [0, 0.1) is 0 Å². The minimum absolute atomic E-state index is 0.166. The summed E-state index contributed by atoms with van der Waals surface area (Å²) in [5, 5.41) is 3.35. The highest BCUT2D eigenvalue weighted by Crippen LogP contribution is 2.12. The lowest BCUT2D eigenvalue weighted by Gasteiger charge is -2.07. The number of amides is 1. The molecular formula is C14H13ClN2O. The zero-order valence-electron chi connectivity index (χ0n) is 9.69. The molecule has 0 fully saturated rings. The van der Waals surface area contributed by atoms with Crippen molar-refractivity contribution in [1.82, 2.24) is 5.32 Å². The van der Waals surface area contributed by atoms with Crippen LogP contribution < -0.4 is 11.1 Å². The van der Waals surface area contributed by atoms with Crippen molar-refractivity contribution in [3.05, 3.63) is 64.7 Å². The van der Waals surface area contributed by atoms with E-state index in [0.717, 1.165) is 5.56 Å². The maximum Gasteiger partial charge on any atom is 0.251 e. The monoisotopic (exact) mass is 260 g/mol. The number of benzene rings is 2. The van der Waals surface area contributed by atoms with E-state index in [-0.39, 0.29) is 5.91 Å². The predicted octanol–water partition coefficient (Wildman–Crippen LogP) is 2.85. The molecule has 2 aromatic carbocycles. The molecular weight excluding hydrogens is 248 g/mol. The maximum absolute atomic E-state index is 11.9. The second kappa shape index (κ2) is 5.56.